The fourth-order valence-corrected chi connectivity index (χ4v) is 4.01. The molecule has 0 aliphatic carbocycles. The number of aryl methyl sites for hydroxylation is 1. The van der Waals surface area contributed by atoms with E-state index < -0.39 is 15.8 Å². The molecule has 0 aliphatic rings. The van der Waals surface area contributed by atoms with Crippen molar-refractivity contribution in [3.63, 3.8) is 0 Å². The van der Waals surface area contributed by atoms with Crippen LogP contribution in [0.5, 0.6) is 0 Å². The third-order valence-electron chi connectivity index (χ3n) is 4.04. The highest BCUT2D eigenvalue weighted by Gasteiger charge is 2.21. The topological polar surface area (TPSA) is 46.2 Å². The molecule has 2 aromatic rings. The van der Waals surface area contributed by atoms with Gasteiger partial charge in [-0.1, -0.05) is 45.0 Å². The summed E-state index contributed by atoms with van der Waals surface area (Å²) in [6.45, 7) is 9.77. The van der Waals surface area contributed by atoms with Gasteiger partial charge in [-0.25, -0.2) is 17.5 Å². The SMILES string of the molecule is Cc1cc(F)ccc1S(=O)(=O)N[C@@H](C)c1ccc(C(C)(C)C)cc1. The first-order valence-electron chi connectivity index (χ1n) is 7.89. The van der Waals surface area contributed by atoms with Crippen LogP contribution in [-0.2, 0) is 15.4 Å². The van der Waals surface area contributed by atoms with Crippen LogP contribution in [0.2, 0.25) is 0 Å². The highest BCUT2D eigenvalue weighted by atomic mass is 32.2. The van der Waals surface area contributed by atoms with E-state index in [2.05, 4.69) is 25.5 Å². The van der Waals surface area contributed by atoms with Crippen LogP contribution in [0.1, 0.15) is 50.4 Å². The largest absolute Gasteiger partial charge is 0.241 e. The molecule has 0 aliphatic heterocycles. The summed E-state index contributed by atoms with van der Waals surface area (Å²) in [7, 11) is -3.71. The molecule has 130 valence electrons. The Labute approximate surface area is 144 Å². The van der Waals surface area contributed by atoms with E-state index in [-0.39, 0.29) is 16.4 Å². The van der Waals surface area contributed by atoms with Crippen molar-refractivity contribution >= 4 is 10.0 Å². The van der Waals surface area contributed by atoms with E-state index in [9.17, 15) is 12.8 Å². The first-order valence-corrected chi connectivity index (χ1v) is 9.38. The van der Waals surface area contributed by atoms with Gasteiger partial charge in [-0.2, -0.15) is 0 Å². The van der Waals surface area contributed by atoms with Gasteiger partial charge < -0.3 is 0 Å². The van der Waals surface area contributed by atoms with Gasteiger partial charge in [0.25, 0.3) is 0 Å². The van der Waals surface area contributed by atoms with E-state index in [1.807, 2.05) is 24.3 Å². The molecule has 0 bridgehead atoms. The average molecular weight is 349 g/mol. The standard InChI is InChI=1S/C19H24FNO2S/c1-13-12-17(20)10-11-18(13)24(22,23)21-14(2)15-6-8-16(9-7-15)19(3,4)5/h6-12,14,21H,1-5H3/t14-/m0/s1. The number of halogens is 1. The average Bonchev–Trinajstić information content (AvgIpc) is 2.45. The van der Waals surface area contributed by atoms with E-state index in [0.717, 1.165) is 11.6 Å². The molecule has 5 heteroatoms. The van der Waals surface area contributed by atoms with Crippen molar-refractivity contribution in [2.45, 2.75) is 51.0 Å². The number of nitrogens with one attached hydrogen (secondary N) is 1. The molecule has 2 aromatic carbocycles. The zero-order chi connectivity index (χ0) is 18.1. The Kier molecular flexibility index (Phi) is 5.16. The summed E-state index contributed by atoms with van der Waals surface area (Å²) in [6, 6.07) is 11.2. The lowest BCUT2D eigenvalue weighted by Gasteiger charge is -2.21. The van der Waals surface area contributed by atoms with Crippen molar-refractivity contribution in [1.29, 1.82) is 0 Å². The molecule has 0 heterocycles. The third-order valence-corrected chi connectivity index (χ3v) is 5.74. The molecule has 0 radical (unpaired) electrons. The first kappa shape index (κ1) is 18.6. The van der Waals surface area contributed by atoms with Crippen molar-refractivity contribution < 1.29 is 12.8 Å². The highest BCUT2D eigenvalue weighted by molar-refractivity contribution is 7.89. The Bertz CT molecular complexity index is 821. The second-order valence-corrected chi connectivity index (χ2v) is 8.81. The predicted octanol–water partition coefficient (Wildman–Crippen LogP) is 4.47. The molecule has 0 amide bonds. The normalized spacial score (nSPS) is 13.8. The maximum Gasteiger partial charge on any atom is 0.241 e. The molecule has 0 saturated heterocycles. The van der Waals surface area contributed by atoms with Crippen molar-refractivity contribution in [3.8, 4) is 0 Å². The summed E-state index contributed by atoms with van der Waals surface area (Å²) in [5.41, 5.74) is 2.51. The Morgan fingerprint density at radius 3 is 2.12 bits per heavy atom. The Morgan fingerprint density at radius 2 is 1.62 bits per heavy atom. The highest BCUT2D eigenvalue weighted by Crippen LogP contribution is 2.25. The zero-order valence-corrected chi connectivity index (χ0v) is 15.5. The van der Waals surface area contributed by atoms with Crippen LogP contribution >= 0.6 is 0 Å². The summed E-state index contributed by atoms with van der Waals surface area (Å²) < 4.78 is 40.9. The maximum atomic E-state index is 13.2. The molecule has 0 aromatic heterocycles. The fourth-order valence-electron chi connectivity index (χ4n) is 2.55. The molecular weight excluding hydrogens is 325 g/mol. The van der Waals surface area contributed by atoms with Crippen LogP contribution in [0, 0.1) is 12.7 Å². The van der Waals surface area contributed by atoms with Gasteiger partial charge in [0.15, 0.2) is 0 Å². The molecule has 0 saturated carbocycles. The Hall–Kier alpha value is -1.72. The van der Waals surface area contributed by atoms with Crippen molar-refractivity contribution in [2.75, 3.05) is 0 Å². The summed E-state index contributed by atoms with van der Waals surface area (Å²) in [6.07, 6.45) is 0. The third kappa shape index (κ3) is 4.22. The van der Waals surface area contributed by atoms with Gasteiger partial charge in [-0.3, -0.25) is 0 Å². The Morgan fingerprint density at radius 1 is 1.04 bits per heavy atom. The lowest BCUT2D eigenvalue weighted by molar-refractivity contribution is 0.564. The summed E-state index contributed by atoms with van der Waals surface area (Å²) in [5, 5.41) is 0. The summed E-state index contributed by atoms with van der Waals surface area (Å²) in [4.78, 5) is 0.0991. The number of hydrogen-bond donors (Lipinski definition) is 1. The van der Waals surface area contributed by atoms with Gasteiger partial charge in [0.2, 0.25) is 10.0 Å². The van der Waals surface area contributed by atoms with Gasteiger partial charge in [0.1, 0.15) is 5.82 Å². The minimum atomic E-state index is -3.71. The number of hydrogen-bond acceptors (Lipinski definition) is 2. The lowest BCUT2D eigenvalue weighted by Crippen LogP contribution is -2.27. The van der Waals surface area contributed by atoms with Crippen molar-refractivity contribution in [2.24, 2.45) is 0 Å². The van der Waals surface area contributed by atoms with Crippen LogP contribution in [-0.4, -0.2) is 8.42 Å². The second-order valence-electron chi connectivity index (χ2n) is 7.12. The van der Waals surface area contributed by atoms with Crippen LogP contribution in [0.3, 0.4) is 0 Å². The molecule has 0 fully saturated rings. The number of benzene rings is 2. The van der Waals surface area contributed by atoms with Crippen LogP contribution in [0.25, 0.3) is 0 Å². The monoisotopic (exact) mass is 349 g/mol. The van der Waals surface area contributed by atoms with Gasteiger partial charge in [-0.05, 0) is 54.2 Å². The number of sulfonamides is 1. The molecule has 24 heavy (non-hydrogen) atoms. The maximum absolute atomic E-state index is 13.2. The van der Waals surface area contributed by atoms with Crippen LogP contribution in [0.15, 0.2) is 47.4 Å². The van der Waals surface area contributed by atoms with Crippen molar-refractivity contribution in [1.82, 2.24) is 4.72 Å². The van der Waals surface area contributed by atoms with E-state index in [1.54, 1.807) is 13.8 Å². The number of rotatable bonds is 4. The molecule has 0 spiro atoms. The van der Waals surface area contributed by atoms with E-state index >= 15 is 0 Å². The molecule has 1 N–H and O–H groups in total. The van der Waals surface area contributed by atoms with E-state index in [0.29, 0.717) is 5.56 Å². The quantitative estimate of drug-likeness (QED) is 0.885. The fraction of sp³-hybridized carbons (Fsp3) is 0.368. The Balaban J connectivity index is 2.23. The minimum Gasteiger partial charge on any atom is -0.207 e. The van der Waals surface area contributed by atoms with Gasteiger partial charge in [0, 0.05) is 6.04 Å². The van der Waals surface area contributed by atoms with E-state index in [4.69, 9.17) is 0 Å². The van der Waals surface area contributed by atoms with Gasteiger partial charge in [0.05, 0.1) is 4.90 Å². The zero-order valence-electron chi connectivity index (χ0n) is 14.7. The lowest BCUT2D eigenvalue weighted by atomic mass is 9.86. The van der Waals surface area contributed by atoms with Crippen LogP contribution < -0.4 is 4.72 Å². The first-order chi connectivity index (χ1) is 11.0. The smallest absolute Gasteiger partial charge is 0.207 e. The van der Waals surface area contributed by atoms with Gasteiger partial charge in [-0.15, -0.1) is 0 Å². The second kappa shape index (κ2) is 6.65. The summed E-state index contributed by atoms with van der Waals surface area (Å²) >= 11 is 0. The minimum absolute atomic E-state index is 0.0481. The molecule has 0 unspecified atom stereocenters. The van der Waals surface area contributed by atoms with Crippen LogP contribution in [0.4, 0.5) is 4.39 Å². The molecule has 2 rings (SSSR count). The van der Waals surface area contributed by atoms with Gasteiger partial charge >= 0.3 is 0 Å². The molecule has 3 nitrogen and oxygen atoms in total. The van der Waals surface area contributed by atoms with E-state index in [1.165, 1.54) is 17.7 Å². The van der Waals surface area contributed by atoms with Crippen molar-refractivity contribution in [3.05, 3.63) is 65.0 Å². The molecular formula is C19H24FNO2S. The molecule has 1 atom stereocenters. The summed E-state index contributed by atoms with van der Waals surface area (Å²) in [5.74, 6) is -0.447. The predicted molar refractivity (Wildman–Crippen MR) is 95.0 cm³/mol.